The lowest BCUT2D eigenvalue weighted by Crippen LogP contribution is -2.45. The normalized spacial score (nSPS) is 13.9. The number of amides is 2. The SMILES string of the molecule is Cc1c(C(=O)[C@@H](NC(=O)C[C@H](NC(=O)C=Cc2ccc3c(c2)OCO3)c2ccccc2)C(C)C)c(O)n(C(C)C)c1O. The summed E-state index contributed by atoms with van der Waals surface area (Å²) in [4.78, 5) is 39.8. The van der Waals surface area contributed by atoms with Crippen LogP contribution in [0.25, 0.3) is 6.08 Å². The van der Waals surface area contributed by atoms with E-state index >= 15 is 0 Å². The Bertz CT molecular complexity index is 1490. The van der Waals surface area contributed by atoms with Gasteiger partial charge in [0.25, 0.3) is 0 Å². The van der Waals surface area contributed by atoms with Crippen molar-refractivity contribution >= 4 is 23.7 Å². The zero-order valence-corrected chi connectivity index (χ0v) is 24.4. The molecule has 222 valence electrons. The van der Waals surface area contributed by atoms with Gasteiger partial charge in [0.2, 0.25) is 24.5 Å². The molecule has 1 aliphatic rings. The number of benzene rings is 2. The first-order chi connectivity index (χ1) is 20.0. The van der Waals surface area contributed by atoms with E-state index in [1.54, 1.807) is 58.9 Å². The summed E-state index contributed by atoms with van der Waals surface area (Å²) >= 11 is 0. The summed E-state index contributed by atoms with van der Waals surface area (Å²) in [5.74, 6) is -0.977. The molecule has 0 saturated heterocycles. The molecule has 3 aromatic rings. The minimum Gasteiger partial charge on any atom is -0.494 e. The Balaban J connectivity index is 1.50. The van der Waals surface area contributed by atoms with Gasteiger partial charge < -0.3 is 30.3 Å². The zero-order valence-electron chi connectivity index (χ0n) is 24.4. The van der Waals surface area contributed by atoms with E-state index < -0.39 is 29.7 Å². The number of aromatic nitrogens is 1. The van der Waals surface area contributed by atoms with Gasteiger partial charge in [0.05, 0.1) is 24.1 Å². The Morgan fingerprint density at radius 2 is 1.64 bits per heavy atom. The molecule has 0 aliphatic carbocycles. The highest BCUT2D eigenvalue weighted by atomic mass is 16.7. The largest absolute Gasteiger partial charge is 0.494 e. The van der Waals surface area contributed by atoms with E-state index in [1.165, 1.54) is 10.6 Å². The molecule has 2 aromatic carbocycles. The number of ether oxygens (including phenoxy) is 2. The lowest BCUT2D eigenvalue weighted by Gasteiger charge is -2.24. The van der Waals surface area contributed by atoms with Crippen LogP contribution in [-0.2, 0) is 9.59 Å². The van der Waals surface area contributed by atoms with Crippen LogP contribution >= 0.6 is 0 Å². The molecule has 2 heterocycles. The van der Waals surface area contributed by atoms with Gasteiger partial charge in [-0.15, -0.1) is 0 Å². The lowest BCUT2D eigenvalue weighted by atomic mass is 9.93. The minimum atomic E-state index is -0.970. The number of nitrogens with zero attached hydrogens (tertiary/aromatic N) is 1. The van der Waals surface area contributed by atoms with Crippen LogP contribution in [0.4, 0.5) is 0 Å². The Labute approximate surface area is 245 Å². The molecular formula is C32H37N3O7. The molecule has 10 nitrogen and oxygen atoms in total. The third-order valence-electron chi connectivity index (χ3n) is 7.15. The number of hydrogen-bond acceptors (Lipinski definition) is 7. The van der Waals surface area contributed by atoms with E-state index in [9.17, 15) is 24.6 Å². The molecular weight excluding hydrogens is 538 g/mol. The van der Waals surface area contributed by atoms with Gasteiger partial charge in [-0.05, 0) is 56.0 Å². The van der Waals surface area contributed by atoms with Crippen molar-refractivity contribution in [3.63, 3.8) is 0 Å². The van der Waals surface area contributed by atoms with Crippen LogP contribution in [0.3, 0.4) is 0 Å². The van der Waals surface area contributed by atoms with Crippen molar-refractivity contribution in [3.8, 4) is 23.3 Å². The molecule has 42 heavy (non-hydrogen) atoms. The second kappa shape index (κ2) is 12.8. The molecule has 1 aliphatic heterocycles. The summed E-state index contributed by atoms with van der Waals surface area (Å²) in [5.41, 5.74) is 1.69. The quantitative estimate of drug-likeness (QED) is 0.190. The highest BCUT2D eigenvalue weighted by Crippen LogP contribution is 2.37. The third-order valence-corrected chi connectivity index (χ3v) is 7.15. The summed E-state index contributed by atoms with van der Waals surface area (Å²) in [6.45, 7) is 8.82. The maximum atomic E-state index is 13.6. The molecule has 1 aromatic heterocycles. The van der Waals surface area contributed by atoms with Gasteiger partial charge in [0, 0.05) is 17.7 Å². The van der Waals surface area contributed by atoms with Crippen LogP contribution in [0.15, 0.2) is 54.6 Å². The van der Waals surface area contributed by atoms with Gasteiger partial charge in [-0.1, -0.05) is 50.2 Å². The zero-order chi connectivity index (χ0) is 30.6. The van der Waals surface area contributed by atoms with Gasteiger partial charge in [-0.3, -0.25) is 19.0 Å². The van der Waals surface area contributed by atoms with Crippen LogP contribution in [0.2, 0.25) is 0 Å². The van der Waals surface area contributed by atoms with Gasteiger partial charge >= 0.3 is 0 Å². The van der Waals surface area contributed by atoms with E-state index in [2.05, 4.69) is 10.6 Å². The van der Waals surface area contributed by atoms with E-state index in [4.69, 9.17) is 9.47 Å². The first-order valence-corrected chi connectivity index (χ1v) is 13.9. The molecule has 2 atom stereocenters. The maximum Gasteiger partial charge on any atom is 0.244 e. The van der Waals surface area contributed by atoms with Gasteiger partial charge in [-0.25, -0.2) is 0 Å². The monoisotopic (exact) mass is 575 g/mol. The average Bonchev–Trinajstić information content (AvgIpc) is 3.51. The first-order valence-electron chi connectivity index (χ1n) is 13.9. The van der Waals surface area contributed by atoms with Crippen molar-refractivity contribution in [2.45, 2.75) is 59.2 Å². The Morgan fingerprint density at radius 3 is 2.29 bits per heavy atom. The van der Waals surface area contributed by atoms with Crippen LogP contribution in [0.5, 0.6) is 23.3 Å². The lowest BCUT2D eigenvalue weighted by molar-refractivity contribution is -0.123. The average molecular weight is 576 g/mol. The number of carbonyl (C=O) groups is 3. The molecule has 2 amide bonds. The first kappa shape index (κ1) is 30.2. The number of ketones is 1. The van der Waals surface area contributed by atoms with Crippen molar-refractivity contribution in [3.05, 3.63) is 76.9 Å². The molecule has 0 radical (unpaired) electrons. The Hall–Kier alpha value is -4.73. The number of Topliss-reactive ketones (excluding diaryl/α,β-unsaturated/α-hetero) is 1. The van der Waals surface area contributed by atoms with Crippen molar-refractivity contribution in [2.24, 2.45) is 5.92 Å². The molecule has 10 heteroatoms. The van der Waals surface area contributed by atoms with Crippen molar-refractivity contribution in [1.82, 2.24) is 15.2 Å². The van der Waals surface area contributed by atoms with Crippen LogP contribution in [-0.4, -0.2) is 45.2 Å². The summed E-state index contributed by atoms with van der Waals surface area (Å²) in [5, 5.41) is 27.0. The molecule has 0 unspecified atom stereocenters. The van der Waals surface area contributed by atoms with Gasteiger partial charge in [0.1, 0.15) is 0 Å². The van der Waals surface area contributed by atoms with Crippen LogP contribution < -0.4 is 20.1 Å². The molecule has 0 saturated carbocycles. The van der Waals surface area contributed by atoms with Crippen molar-refractivity contribution in [2.75, 3.05) is 6.79 Å². The Kier molecular flexibility index (Phi) is 9.25. The molecule has 4 N–H and O–H groups in total. The summed E-state index contributed by atoms with van der Waals surface area (Å²) < 4.78 is 12.0. The van der Waals surface area contributed by atoms with E-state index in [0.717, 1.165) is 11.1 Å². The van der Waals surface area contributed by atoms with Gasteiger partial charge in [-0.2, -0.15) is 0 Å². The van der Waals surface area contributed by atoms with E-state index in [0.29, 0.717) is 11.5 Å². The van der Waals surface area contributed by atoms with Crippen LogP contribution in [0.1, 0.15) is 73.2 Å². The smallest absolute Gasteiger partial charge is 0.244 e. The fourth-order valence-electron chi connectivity index (χ4n) is 4.92. The highest BCUT2D eigenvalue weighted by molar-refractivity contribution is 6.05. The molecule has 0 spiro atoms. The number of carbonyl (C=O) groups excluding carboxylic acids is 3. The fourth-order valence-corrected chi connectivity index (χ4v) is 4.92. The van der Waals surface area contributed by atoms with E-state index in [-0.39, 0.29) is 48.1 Å². The highest BCUT2D eigenvalue weighted by Gasteiger charge is 2.33. The third kappa shape index (κ3) is 6.59. The van der Waals surface area contributed by atoms with Gasteiger partial charge in [0.15, 0.2) is 23.2 Å². The molecule has 0 bridgehead atoms. The summed E-state index contributed by atoms with van der Waals surface area (Å²) in [6, 6.07) is 12.5. The van der Waals surface area contributed by atoms with Crippen molar-refractivity contribution < 1.29 is 34.1 Å². The summed E-state index contributed by atoms with van der Waals surface area (Å²) in [6.07, 6.45) is 2.89. The standard InChI is InChI=1S/C32H37N3O7/c1-18(2)29(30(38)28-20(5)31(39)35(19(3)4)32(28)40)34-27(37)16-23(22-9-7-6-8-10-22)33-26(36)14-12-21-11-13-24-25(15-21)42-17-41-24/h6-15,18-19,23,29,39-40H,16-17H2,1-5H3,(H,33,36)(H,34,37)/t23-,29-/m0/s1. The van der Waals surface area contributed by atoms with Crippen LogP contribution in [0, 0.1) is 12.8 Å². The second-order valence-corrected chi connectivity index (χ2v) is 10.9. The molecule has 0 fully saturated rings. The fraction of sp³-hybridized carbons (Fsp3) is 0.344. The number of hydrogen-bond donors (Lipinski definition) is 4. The van der Waals surface area contributed by atoms with Crippen molar-refractivity contribution in [1.29, 1.82) is 0 Å². The second-order valence-electron chi connectivity index (χ2n) is 10.9. The topological polar surface area (TPSA) is 139 Å². The number of fused-ring (bicyclic) bond motifs is 1. The summed E-state index contributed by atoms with van der Waals surface area (Å²) in [7, 11) is 0. The number of nitrogens with one attached hydrogen (secondary N) is 2. The number of rotatable bonds is 11. The minimum absolute atomic E-state index is 0.0261. The Morgan fingerprint density at radius 1 is 0.952 bits per heavy atom. The predicted molar refractivity (Wildman–Crippen MR) is 158 cm³/mol. The number of aromatic hydroxyl groups is 2. The van der Waals surface area contributed by atoms with E-state index in [1.807, 2.05) is 30.3 Å². The molecule has 4 rings (SSSR count). The predicted octanol–water partition coefficient (Wildman–Crippen LogP) is 4.80. The maximum absolute atomic E-state index is 13.6.